The van der Waals surface area contributed by atoms with E-state index in [0.717, 1.165) is 18.2 Å². The topological polar surface area (TPSA) is 62.4 Å². The van der Waals surface area contributed by atoms with Crippen molar-refractivity contribution in [2.75, 3.05) is 5.32 Å². The van der Waals surface area contributed by atoms with Gasteiger partial charge in [-0.25, -0.2) is 19.6 Å². The first kappa shape index (κ1) is 12.4. The molecule has 0 spiro atoms. The van der Waals surface area contributed by atoms with E-state index in [2.05, 4.69) is 15.7 Å². The van der Waals surface area contributed by atoms with E-state index in [1.54, 1.807) is 0 Å². The summed E-state index contributed by atoms with van der Waals surface area (Å²) >= 11 is 0. The predicted molar refractivity (Wildman–Crippen MR) is 59.9 cm³/mol. The van der Waals surface area contributed by atoms with Gasteiger partial charge in [0, 0.05) is 12.1 Å². The molecular weight excluding hydrogens is 214 g/mol. The molecule has 1 rings (SSSR count). The number of nitrogens with zero attached hydrogens (tertiary/aromatic N) is 1. The maximum Gasteiger partial charge on any atom is 0.210 e. The summed E-state index contributed by atoms with van der Waals surface area (Å²) < 4.78 is 26.1. The Hall–Kier alpha value is -1.69. The first-order chi connectivity index (χ1) is 7.52. The minimum atomic E-state index is -0.576. The van der Waals surface area contributed by atoms with Crippen molar-refractivity contribution in [2.45, 2.75) is 19.9 Å². The number of anilines is 1. The van der Waals surface area contributed by atoms with E-state index in [1.165, 1.54) is 0 Å². The molecule has 0 amide bonds. The first-order valence-electron chi connectivity index (χ1n) is 4.79. The Morgan fingerprint density at radius 3 is 2.62 bits per heavy atom. The average Bonchev–Trinajstić information content (AvgIpc) is 2.21. The van der Waals surface area contributed by atoms with Crippen LogP contribution < -0.4 is 16.6 Å². The number of benzene rings is 1. The summed E-state index contributed by atoms with van der Waals surface area (Å²) in [7, 11) is 0. The predicted octanol–water partition coefficient (Wildman–Crippen LogP) is 1.60. The van der Waals surface area contributed by atoms with Crippen LogP contribution >= 0.6 is 0 Å². The Bertz CT molecular complexity index is 390. The van der Waals surface area contributed by atoms with Crippen LogP contribution in [0, 0.1) is 11.6 Å². The Morgan fingerprint density at radius 1 is 1.38 bits per heavy atom. The van der Waals surface area contributed by atoms with Crippen LogP contribution in [-0.2, 0) is 0 Å². The van der Waals surface area contributed by atoms with E-state index >= 15 is 0 Å². The third-order valence-corrected chi connectivity index (χ3v) is 1.71. The van der Waals surface area contributed by atoms with Crippen LogP contribution in [0.1, 0.15) is 13.8 Å². The van der Waals surface area contributed by atoms with Crippen LogP contribution in [0.3, 0.4) is 0 Å². The van der Waals surface area contributed by atoms with E-state index in [1.807, 2.05) is 13.8 Å². The molecule has 88 valence electrons. The minimum absolute atomic E-state index is 0.0163. The van der Waals surface area contributed by atoms with Gasteiger partial charge in [0.05, 0.1) is 5.69 Å². The summed E-state index contributed by atoms with van der Waals surface area (Å²) in [6.07, 6.45) is 0. The number of rotatable bonds is 2. The molecule has 0 heterocycles. The molecule has 0 aliphatic heterocycles. The number of guanidine groups is 1. The lowest BCUT2D eigenvalue weighted by Crippen LogP contribution is -2.37. The number of aliphatic imine (C=N–C) groups is 1. The Labute approximate surface area is 92.5 Å². The van der Waals surface area contributed by atoms with E-state index in [-0.39, 0.29) is 17.7 Å². The summed E-state index contributed by atoms with van der Waals surface area (Å²) in [6.45, 7) is 3.67. The second-order valence-electron chi connectivity index (χ2n) is 3.46. The number of halogens is 2. The minimum Gasteiger partial charge on any atom is -0.323 e. The zero-order chi connectivity index (χ0) is 12.1. The van der Waals surface area contributed by atoms with Gasteiger partial charge in [0.2, 0.25) is 5.96 Å². The number of nitrogens with one attached hydrogen (secondary N) is 2. The molecule has 0 fully saturated rings. The van der Waals surface area contributed by atoms with Gasteiger partial charge in [0.15, 0.2) is 0 Å². The molecule has 0 atom stereocenters. The second kappa shape index (κ2) is 5.41. The van der Waals surface area contributed by atoms with Gasteiger partial charge in [-0.05, 0) is 26.0 Å². The number of hydrazine groups is 1. The van der Waals surface area contributed by atoms with Crippen molar-refractivity contribution < 1.29 is 8.78 Å². The zero-order valence-corrected chi connectivity index (χ0v) is 9.09. The molecule has 4 nitrogen and oxygen atoms in total. The van der Waals surface area contributed by atoms with Crippen molar-refractivity contribution in [2.24, 2.45) is 10.8 Å². The third kappa shape index (κ3) is 3.47. The highest BCUT2D eigenvalue weighted by atomic mass is 19.1. The molecule has 6 heteroatoms. The van der Waals surface area contributed by atoms with Crippen LogP contribution in [0.15, 0.2) is 23.2 Å². The highest BCUT2D eigenvalue weighted by Crippen LogP contribution is 2.14. The lowest BCUT2D eigenvalue weighted by Gasteiger charge is -2.11. The van der Waals surface area contributed by atoms with Gasteiger partial charge in [-0.2, -0.15) is 0 Å². The molecular formula is C10H14F2N4. The highest BCUT2D eigenvalue weighted by Gasteiger charge is 2.06. The molecule has 0 aliphatic carbocycles. The van der Waals surface area contributed by atoms with Crippen LogP contribution in [0.5, 0.6) is 0 Å². The molecule has 0 radical (unpaired) electrons. The van der Waals surface area contributed by atoms with Crippen LogP contribution in [0.2, 0.25) is 0 Å². The van der Waals surface area contributed by atoms with Gasteiger partial charge in [0.25, 0.3) is 0 Å². The summed E-state index contributed by atoms with van der Waals surface area (Å²) in [5.41, 5.74) is 2.26. The Kier molecular flexibility index (Phi) is 4.19. The second-order valence-corrected chi connectivity index (χ2v) is 3.46. The van der Waals surface area contributed by atoms with E-state index in [0.29, 0.717) is 0 Å². The van der Waals surface area contributed by atoms with E-state index in [9.17, 15) is 8.78 Å². The van der Waals surface area contributed by atoms with Crippen LogP contribution in [0.25, 0.3) is 0 Å². The largest absolute Gasteiger partial charge is 0.323 e. The molecule has 1 aromatic carbocycles. The third-order valence-electron chi connectivity index (χ3n) is 1.71. The van der Waals surface area contributed by atoms with E-state index in [4.69, 9.17) is 5.84 Å². The molecule has 1 aromatic rings. The van der Waals surface area contributed by atoms with Gasteiger partial charge in [-0.15, -0.1) is 0 Å². The summed E-state index contributed by atoms with van der Waals surface area (Å²) in [6, 6.07) is 3.08. The summed E-state index contributed by atoms with van der Waals surface area (Å²) in [5.74, 6) is 4.26. The van der Waals surface area contributed by atoms with Gasteiger partial charge in [-0.1, -0.05) is 0 Å². The quantitative estimate of drug-likeness (QED) is 0.312. The molecule has 0 aromatic heterocycles. The van der Waals surface area contributed by atoms with Crippen molar-refractivity contribution in [1.82, 2.24) is 5.43 Å². The lowest BCUT2D eigenvalue weighted by molar-refractivity contribution is 0.603. The fourth-order valence-corrected chi connectivity index (χ4v) is 1.08. The Morgan fingerprint density at radius 2 is 2.06 bits per heavy atom. The van der Waals surface area contributed by atoms with Gasteiger partial charge in [0.1, 0.15) is 11.6 Å². The fourth-order valence-electron chi connectivity index (χ4n) is 1.08. The maximum atomic E-state index is 13.3. The molecule has 16 heavy (non-hydrogen) atoms. The standard InChI is InChI=1S/C10H14F2N4/c1-6(2)14-10(16-13)15-9-5-7(11)3-4-8(9)12/h3-6H,13H2,1-2H3,(H2,14,15,16). The first-order valence-corrected chi connectivity index (χ1v) is 4.79. The van der Waals surface area contributed by atoms with Crippen molar-refractivity contribution in [3.63, 3.8) is 0 Å². The monoisotopic (exact) mass is 228 g/mol. The molecule has 0 saturated heterocycles. The fraction of sp³-hybridized carbons (Fsp3) is 0.300. The highest BCUT2D eigenvalue weighted by molar-refractivity contribution is 5.93. The van der Waals surface area contributed by atoms with Crippen LogP contribution in [-0.4, -0.2) is 12.0 Å². The van der Waals surface area contributed by atoms with Crippen LogP contribution in [0.4, 0.5) is 14.5 Å². The lowest BCUT2D eigenvalue weighted by atomic mass is 10.3. The SMILES string of the molecule is CC(C)N=C(NN)Nc1cc(F)ccc1F. The molecule has 0 bridgehead atoms. The molecule has 0 unspecified atom stereocenters. The summed E-state index contributed by atoms with van der Waals surface area (Å²) in [4.78, 5) is 4.04. The molecule has 4 N–H and O–H groups in total. The average molecular weight is 228 g/mol. The van der Waals surface area contributed by atoms with Crippen molar-refractivity contribution in [1.29, 1.82) is 0 Å². The number of hydrogen-bond acceptors (Lipinski definition) is 2. The number of hydrogen-bond donors (Lipinski definition) is 3. The smallest absolute Gasteiger partial charge is 0.210 e. The van der Waals surface area contributed by atoms with Crippen molar-refractivity contribution in [3.8, 4) is 0 Å². The van der Waals surface area contributed by atoms with Gasteiger partial charge >= 0.3 is 0 Å². The maximum absolute atomic E-state index is 13.3. The van der Waals surface area contributed by atoms with Gasteiger partial charge < -0.3 is 5.32 Å². The zero-order valence-electron chi connectivity index (χ0n) is 9.09. The normalized spacial score (nSPS) is 11.8. The number of nitrogens with two attached hydrogens (primary N) is 1. The van der Waals surface area contributed by atoms with Crippen molar-refractivity contribution >= 4 is 11.6 Å². The van der Waals surface area contributed by atoms with Gasteiger partial charge in [-0.3, -0.25) is 5.43 Å². The van der Waals surface area contributed by atoms with Crippen molar-refractivity contribution in [3.05, 3.63) is 29.8 Å². The Balaban J connectivity index is 2.90. The molecule has 0 aliphatic rings. The molecule has 0 saturated carbocycles. The summed E-state index contributed by atoms with van der Waals surface area (Å²) in [5, 5.41) is 2.57. The van der Waals surface area contributed by atoms with E-state index < -0.39 is 11.6 Å².